The summed E-state index contributed by atoms with van der Waals surface area (Å²) >= 11 is 0. The van der Waals surface area contributed by atoms with Crippen LogP contribution in [0, 0.1) is 11.3 Å². The zero-order chi connectivity index (χ0) is 29.6. The van der Waals surface area contributed by atoms with E-state index in [0.717, 1.165) is 11.1 Å². The molecule has 43 heavy (non-hydrogen) atoms. The van der Waals surface area contributed by atoms with Gasteiger partial charge >= 0.3 is 11.8 Å². The van der Waals surface area contributed by atoms with Gasteiger partial charge in [-0.15, -0.1) is 0 Å². The average molecular weight is 580 g/mol. The van der Waals surface area contributed by atoms with E-state index in [4.69, 9.17) is 4.74 Å². The first-order valence-electron chi connectivity index (χ1n) is 14.1. The molecule has 2 aliphatic heterocycles. The van der Waals surface area contributed by atoms with E-state index in [-0.39, 0.29) is 43.1 Å². The molecule has 0 spiro atoms. The molecule has 12 heteroatoms. The first-order chi connectivity index (χ1) is 20.9. The average Bonchev–Trinajstić information content (AvgIpc) is 3.63. The van der Waals surface area contributed by atoms with Crippen LogP contribution in [0.2, 0.25) is 0 Å². The van der Waals surface area contributed by atoms with Crippen molar-refractivity contribution in [1.82, 2.24) is 30.0 Å². The molecule has 3 amide bonds. The Morgan fingerprint density at radius 3 is 2.51 bits per heavy atom. The van der Waals surface area contributed by atoms with Crippen LogP contribution in [0.25, 0.3) is 21.9 Å². The number of imidazole rings is 1. The van der Waals surface area contributed by atoms with Crippen LogP contribution in [0.3, 0.4) is 0 Å². The maximum atomic E-state index is 14.2. The zero-order valence-electron chi connectivity index (χ0n) is 23.1. The summed E-state index contributed by atoms with van der Waals surface area (Å²) in [4.78, 5) is 62.0. The van der Waals surface area contributed by atoms with Crippen molar-refractivity contribution in [3.8, 4) is 0 Å². The van der Waals surface area contributed by atoms with E-state index in [9.17, 15) is 19.2 Å². The van der Waals surface area contributed by atoms with Gasteiger partial charge in [0.25, 0.3) is 5.91 Å². The number of aromatic nitrogens is 4. The summed E-state index contributed by atoms with van der Waals surface area (Å²) in [6.45, 7) is 0.956. The molecular weight excluding hydrogens is 550 g/mol. The highest BCUT2D eigenvalue weighted by Gasteiger charge is 2.52. The maximum Gasteiger partial charge on any atom is 0.410 e. The van der Waals surface area contributed by atoms with E-state index in [1.807, 2.05) is 54.6 Å². The number of amides is 3. The molecule has 2 aromatic heterocycles. The van der Waals surface area contributed by atoms with Crippen LogP contribution < -0.4 is 11.0 Å². The number of aromatic amines is 3. The van der Waals surface area contributed by atoms with Crippen molar-refractivity contribution in [1.29, 1.82) is 0 Å². The minimum absolute atomic E-state index is 0.0632. The number of likely N-dealkylation sites (tertiary alicyclic amines) is 2. The summed E-state index contributed by atoms with van der Waals surface area (Å²) in [5, 5.41) is 10.9. The first-order valence-corrected chi connectivity index (χ1v) is 14.1. The van der Waals surface area contributed by atoms with Gasteiger partial charge in [-0.3, -0.25) is 14.7 Å². The van der Waals surface area contributed by atoms with Gasteiger partial charge in [0.15, 0.2) is 5.69 Å². The van der Waals surface area contributed by atoms with E-state index in [2.05, 4.69) is 25.5 Å². The first kappa shape index (κ1) is 26.5. The Kier molecular flexibility index (Phi) is 6.45. The number of fused-ring (bicyclic) bond motifs is 4. The van der Waals surface area contributed by atoms with Gasteiger partial charge in [-0.25, -0.2) is 9.59 Å². The SMILES string of the molecule is O=C(OCc1ccccc1)N1C[C@H]2CN(C(=O)c3n[nH]c4ccccc34)C[C@@](C(=O)Nc3cccc4[nH]c(=O)[nH]c34)(C2)C1. The molecule has 0 radical (unpaired) electrons. The third-order valence-corrected chi connectivity index (χ3v) is 8.33. The van der Waals surface area contributed by atoms with Gasteiger partial charge in [-0.05, 0) is 36.1 Å². The molecule has 2 aliphatic rings. The minimum atomic E-state index is -1.13. The zero-order valence-corrected chi connectivity index (χ0v) is 23.1. The summed E-state index contributed by atoms with van der Waals surface area (Å²) in [7, 11) is 0. The molecule has 0 aliphatic carbocycles. The molecule has 7 rings (SSSR count). The Bertz CT molecular complexity index is 1910. The standard InChI is InChI=1S/C31H29N7O5/c39-27(25-21-9-4-5-10-22(21)35-36-25)37-14-20-13-31(17-37,18-38(15-20)30(42)43-16-19-7-2-1-3-8-19)28(40)32-23-11-6-12-24-26(23)34-29(41)33-24/h1-12,20H,13-18H2,(H,32,40)(H,35,36)(H2,33,34,41)/t20-,31+/m1/s1. The Morgan fingerprint density at radius 2 is 1.65 bits per heavy atom. The predicted octanol–water partition coefficient (Wildman–Crippen LogP) is 3.47. The van der Waals surface area contributed by atoms with Gasteiger partial charge < -0.3 is 29.8 Å². The van der Waals surface area contributed by atoms with Gasteiger partial charge in [0, 0.05) is 31.6 Å². The number of rotatable bonds is 5. The summed E-state index contributed by atoms with van der Waals surface area (Å²) in [5.74, 6) is -0.803. The lowest BCUT2D eigenvalue weighted by Crippen LogP contribution is -2.64. The smallest absolute Gasteiger partial charge is 0.410 e. The van der Waals surface area contributed by atoms with Crippen LogP contribution in [0.5, 0.6) is 0 Å². The number of nitrogens with zero attached hydrogens (tertiary/aromatic N) is 3. The molecule has 2 bridgehead atoms. The number of para-hydroxylation sites is 2. The number of hydrogen-bond donors (Lipinski definition) is 4. The van der Waals surface area contributed by atoms with E-state index >= 15 is 0 Å². The number of H-pyrrole nitrogens is 3. The summed E-state index contributed by atoms with van der Waals surface area (Å²) in [6, 6.07) is 22.0. The second kappa shape index (κ2) is 10.5. The van der Waals surface area contributed by atoms with Crippen LogP contribution in [-0.2, 0) is 16.1 Å². The van der Waals surface area contributed by atoms with Crippen molar-refractivity contribution in [2.75, 3.05) is 31.5 Å². The topological polar surface area (TPSA) is 156 Å². The van der Waals surface area contributed by atoms with Crippen molar-refractivity contribution in [3.05, 3.63) is 94.5 Å². The highest BCUT2D eigenvalue weighted by Crippen LogP contribution is 2.41. The van der Waals surface area contributed by atoms with Crippen molar-refractivity contribution in [2.45, 2.75) is 13.0 Å². The lowest BCUT2D eigenvalue weighted by atomic mass is 9.71. The molecule has 4 N–H and O–H groups in total. The third kappa shape index (κ3) is 4.90. The molecular formula is C31H29N7O5. The van der Waals surface area contributed by atoms with Crippen molar-refractivity contribution < 1.29 is 19.1 Å². The normalized spacial score (nSPS) is 19.9. The second-order valence-electron chi connectivity index (χ2n) is 11.3. The molecule has 3 aromatic carbocycles. The molecule has 0 unspecified atom stereocenters. The number of carbonyl (C=O) groups is 3. The molecule has 0 saturated carbocycles. The lowest BCUT2D eigenvalue weighted by molar-refractivity contribution is -0.134. The van der Waals surface area contributed by atoms with Crippen LogP contribution in [-0.4, -0.2) is 74.1 Å². The van der Waals surface area contributed by atoms with E-state index in [0.29, 0.717) is 47.3 Å². The summed E-state index contributed by atoms with van der Waals surface area (Å²) in [6.07, 6.45) is -0.0349. The van der Waals surface area contributed by atoms with Crippen LogP contribution in [0.4, 0.5) is 10.5 Å². The Morgan fingerprint density at radius 1 is 0.907 bits per heavy atom. The number of carbonyl (C=O) groups excluding carboxylic acids is 3. The number of hydrogen-bond acceptors (Lipinski definition) is 6. The maximum absolute atomic E-state index is 14.2. The van der Waals surface area contributed by atoms with Gasteiger partial charge in [-0.1, -0.05) is 54.6 Å². The monoisotopic (exact) mass is 579 g/mol. The van der Waals surface area contributed by atoms with Crippen molar-refractivity contribution in [3.63, 3.8) is 0 Å². The molecule has 218 valence electrons. The largest absolute Gasteiger partial charge is 0.445 e. The number of anilines is 1. The number of benzene rings is 3. The molecule has 2 atom stereocenters. The molecule has 2 fully saturated rings. The van der Waals surface area contributed by atoms with Crippen molar-refractivity contribution in [2.24, 2.45) is 11.3 Å². The van der Waals surface area contributed by atoms with Gasteiger partial charge in [-0.2, -0.15) is 5.10 Å². The number of ether oxygens (including phenoxy) is 1. The summed E-state index contributed by atoms with van der Waals surface area (Å²) < 4.78 is 5.63. The van der Waals surface area contributed by atoms with Crippen LogP contribution in [0.15, 0.2) is 77.6 Å². The van der Waals surface area contributed by atoms with Gasteiger partial charge in [0.05, 0.1) is 27.7 Å². The van der Waals surface area contributed by atoms with E-state index < -0.39 is 11.5 Å². The van der Waals surface area contributed by atoms with Crippen LogP contribution in [0.1, 0.15) is 22.5 Å². The molecule has 5 aromatic rings. The highest BCUT2D eigenvalue weighted by atomic mass is 16.6. The fraction of sp³-hybridized carbons (Fsp3) is 0.258. The van der Waals surface area contributed by atoms with Crippen LogP contribution >= 0.6 is 0 Å². The fourth-order valence-electron chi connectivity index (χ4n) is 6.44. The lowest BCUT2D eigenvalue weighted by Gasteiger charge is -2.51. The number of piperidine rings is 2. The quantitative estimate of drug-likeness (QED) is 0.250. The molecule has 12 nitrogen and oxygen atoms in total. The van der Waals surface area contributed by atoms with Gasteiger partial charge in [0.2, 0.25) is 5.91 Å². The third-order valence-electron chi connectivity index (χ3n) is 8.33. The fourth-order valence-corrected chi connectivity index (χ4v) is 6.44. The Hall–Kier alpha value is -5.39. The second-order valence-corrected chi connectivity index (χ2v) is 11.3. The van der Waals surface area contributed by atoms with Gasteiger partial charge in [0.1, 0.15) is 6.61 Å². The van der Waals surface area contributed by atoms with E-state index in [1.165, 1.54) is 0 Å². The molecule has 2 saturated heterocycles. The number of nitrogens with one attached hydrogen (secondary N) is 4. The van der Waals surface area contributed by atoms with Crippen molar-refractivity contribution >= 4 is 45.5 Å². The predicted molar refractivity (Wildman–Crippen MR) is 158 cm³/mol. The summed E-state index contributed by atoms with van der Waals surface area (Å²) in [5.41, 5.74) is 1.83. The highest BCUT2D eigenvalue weighted by molar-refractivity contribution is 6.06. The van der Waals surface area contributed by atoms with E-state index in [1.54, 1.807) is 28.0 Å². The molecule has 4 heterocycles. The Balaban J connectivity index is 1.19. The Labute approximate surface area is 245 Å². The minimum Gasteiger partial charge on any atom is -0.445 e.